The number of thiazole rings is 1. The van der Waals surface area contributed by atoms with Gasteiger partial charge in [0.25, 0.3) is 0 Å². The number of aromatic nitrogens is 1. The van der Waals surface area contributed by atoms with Crippen molar-refractivity contribution in [1.29, 1.82) is 0 Å². The van der Waals surface area contributed by atoms with Gasteiger partial charge < -0.3 is 5.32 Å². The summed E-state index contributed by atoms with van der Waals surface area (Å²) in [5.41, 5.74) is 3.11. The lowest BCUT2D eigenvalue weighted by atomic mass is 10.1. The first-order chi connectivity index (χ1) is 8.59. The molecule has 104 valence electrons. The van der Waals surface area contributed by atoms with Crippen LogP contribution in [0.1, 0.15) is 37.3 Å². The molecule has 1 aromatic heterocycles. The number of rotatable bonds is 9. The lowest BCUT2D eigenvalue weighted by Gasteiger charge is -2.16. The Morgan fingerprint density at radius 1 is 1.39 bits per heavy atom. The van der Waals surface area contributed by atoms with E-state index in [2.05, 4.69) is 43.0 Å². The second-order valence-corrected chi connectivity index (χ2v) is 6.32. The highest BCUT2D eigenvalue weighted by atomic mass is 32.1. The average molecular weight is 269 g/mol. The highest BCUT2D eigenvalue weighted by molar-refractivity contribution is 7.09. The van der Waals surface area contributed by atoms with Crippen LogP contribution >= 0.6 is 11.3 Å². The fourth-order valence-corrected chi connectivity index (χ4v) is 2.69. The number of nitrogens with zero attached hydrogens (tertiary/aromatic N) is 2. The van der Waals surface area contributed by atoms with Crippen LogP contribution < -0.4 is 5.32 Å². The van der Waals surface area contributed by atoms with Gasteiger partial charge in [-0.2, -0.15) is 0 Å². The van der Waals surface area contributed by atoms with Crippen molar-refractivity contribution in [3.05, 3.63) is 16.1 Å². The lowest BCUT2D eigenvalue weighted by Crippen LogP contribution is -2.29. The molecule has 0 saturated heterocycles. The van der Waals surface area contributed by atoms with Gasteiger partial charge in [0.05, 0.1) is 11.2 Å². The molecular formula is C14H27N3S. The van der Waals surface area contributed by atoms with E-state index in [-0.39, 0.29) is 0 Å². The van der Waals surface area contributed by atoms with Gasteiger partial charge >= 0.3 is 0 Å². The summed E-state index contributed by atoms with van der Waals surface area (Å²) in [5, 5.41) is 3.51. The van der Waals surface area contributed by atoms with Crippen LogP contribution in [0.25, 0.3) is 0 Å². The smallest absolute Gasteiger partial charge is 0.0798 e. The van der Waals surface area contributed by atoms with Crippen LogP contribution in [0.5, 0.6) is 0 Å². The lowest BCUT2D eigenvalue weighted by molar-refractivity contribution is 0.325. The van der Waals surface area contributed by atoms with E-state index in [1.54, 1.807) is 11.3 Å². The summed E-state index contributed by atoms with van der Waals surface area (Å²) in [6.07, 6.45) is 2.61. The van der Waals surface area contributed by atoms with Crippen molar-refractivity contribution < 1.29 is 0 Å². The summed E-state index contributed by atoms with van der Waals surface area (Å²) in [4.78, 5) is 8.03. The van der Waals surface area contributed by atoms with Gasteiger partial charge in [-0.05, 0) is 39.3 Å². The van der Waals surface area contributed by atoms with Crippen molar-refractivity contribution in [3.8, 4) is 0 Å². The summed E-state index contributed by atoms with van der Waals surface area (Å²) >= 11 is 1.76. The molecule has 3 nitrogen and oxygen atoms in total. The van der Waals surface area contributed by atoms with Gasteiger partial charge in [0, 0.05) is 24.5 Å². The maximum atomic E-state index is 4.28. The Bertz CT molecular complexity index is 323. The van der Waals surface area contributed by atoms with E-state index in [1.165, 1.54) is 23.4 Å². The van der Waals surface area contributed by atoms with Crippen LogP contribution in [0.4, 0.5) is 0 Å². The average Bonchev–Trinajstić information content (AvgIpc) is 2.69. The zero-order valence-electron chi connectivity index (χ0n) is 12.2. The molecule has 0 aliphatic carbocycles. The molecule has 1 heterocycles. The highest BCUT2D eigenvalue weighted by Crippen LogP contribution is 2.13. The maximum absolute atomic E-state index is 4.28. The zero-order chi connectivity index (χ0) is 13.4. The summed E-state index contributed by atoms with van der Waals surface area (Å²) in [5.74, 6) is 0.823. The zero-order valence-corrected chi connectivity index (χ0v) is 13.0. The molecule has 0 saturated carbocycles. The molecule has 4 heteroatoms. The molecule has 0 spiro atoms. The molecule has 1 N–H and O–H groups in total. The van der Waals surface area contributed by atoms with Crippen molar-refractivity contribution in [3.63, 3.8) is 0 Å². The van der Waals surface area contributed by atoms with Crippen LogP contribution in [0.2, 0.25) is 0 Å². The van der Waals surface area contributed by atoms with Crippen molar-refractivity contribution in [2.45, 2.75) is 40.2 Å². The largest absolute Gasteiger partial charge is 0.315 e. The third kappa shape index (κ3) is 6.47. The van der Waals surface area contributed by atoms with E-state index in [9.17, 15) is 0 Å². The normalized spacial score (nSPS) is 11.7. The first kappa shape index (κ1) is 15.6. The molecule has 0 fully saturated rings. The van der Waals surface area contributed by atoms with E-state index in [1.807, 2.05) is 5.51 Å². The minimum atomic E-state index is 0.823. The van der Waals surface area contributed by atoms with Crippen LogP contribution in [0.15, 0.2) is 5.51 Å². The molecule has 0 atom stereocenters. The van der Waals surface area contributed by atoms with Gasteiger partial charge in [0.1, 0.15) is 0 Å². The Kier molecular flexibility index (Phi) is 7.47. The predicted octanol–water partition coefficient (Wildman–Crippen LogP) is 2.91. The van der Waals surface area contributed by atoms with Crippen LogP contribution in [0, 0.1) is 12.8 Å². The number of hydrogen-bond donors (Lipinski definition) is 1. The van der Waals surface area contributed by atoms with Crippen molar-refractivity contribution in [1.82, 2.24) is 15.2 Å². The summed E-state index contributed by atoms with van der Waals surface area (Å²) in [6, 6.07) is 0. The molecule has 0 radical (unpaired) electrons. The molecule has 1 aromatic rings. The van der Waals surface area contributed by atoms with Crippen molar-refractivity contribution >= 4 is 11.3 Å². The Morgan fingerprint density at radius 2 is 2.17 bits per heavy atom. The standard InChI is InChI=1S/C14H27N3S/c1-12(2)6-5-7-15-8-9-17(4)10-14-13(3)16-11-18-14/h11-12,15H,5-10H2,1-4H3. The van der Waals surface area contributed by atoms with Gasteiger partial charge in [-0.1, -0.05) is 13.8 Å². The quantitative estimate of drug-likeness (QED) is 0.699. The number of hydrogen-bond acceptors (Lipinski definition) is 4. The van der Waals surface area contributed by atoms with E-state index in [0.29, 0.717) is 0 Å². The number of aryl methyl sites for hydroxylation is 1. The van der Waals surface area contributed by atoms with E-state index < -0.39 is 0 Å². The minimum Gasteiger partial charge on any atom is -0.315 e. The molecule has 0 aliphatic heterocycles. The summed E-state index contributed by atoms with van der Waals surface area (Å²) in [7, 11) is 2.18. The minimum absolute atomic E-state index is 0.823. The second-order valence-electron chi connectivity index (χ2n) is 5.38. The topological polar surface area (TPSA) is 28.2 Å². The first-order valence-corrected chi connectivity index (χ1v) is 7.75. The molecule has 0 bridgehead atoms. The van der Waals surface area contributed by atoms with Gasteiger partial charge in [-0.25, -0.2) is 4.98 Å². The molecule has 0 aliphatic rings. The molecule has 1 rings (SSSR count). The van der Waals surface area contributed by atoms with E-state index in [4.69, 9.17) is 0 Å². The third-order valence-electron chi connectivity index (χ3n) is 3.06. The molecule has 18 heavy (non-hydrogen) atoms. The van der Waals surface area contributed by atoms with Crippen molar-refractivity contribution in [2.24, 2.45) is 5.92 Å². The molecule has 0 unspecified atom stereocenters. The Morgan fingerprint density at radius 3 is 2.78 bits per heavy atom. The second kappa shape index (κ2) is 8.62. The summed E-state index contributed by atoms with van der Waals surface area (Å²) in [6.45, 7) is 11.0. The maximum Gasteiger partial charge on any atom is 0.0798 e. The molecule has 0 aromatic carbocycles. The summed E-state index contributed by atoms with van der Waals surface area (Å²) < 4.78 is 0. The van der Waals surface area contributed by atoms with E-state index >= 15 is 0 Å². The highest BCUT2D eigenvalue weighted by Gasteiger charge is 2.05. The van der Waals surface area contributed by atoms with Crippen LogP contribution in [-0.4, -0.2) is 36.6 Å². The SMILES string of the molecule is Cc1ncsc1CN(C)CCNCCCC(C)C. The predicted molar refractivity (Wildman–Crippen MR) is 80.1 cm³/mol. The fourth-order valence-electron chi connectivity index (χ4n) is 1.83. The number of likely N-dealkylation sites (N-methyl/N-ethyl adjacent to an activating group) is 1. The third-order valence-corrected chi connectivity index (χ3v) is 3.98. The van der Waals surface area contributed by atoms with Crippen LogP contribution in [0.3, 0.4) is 0 Å². The number of nitrogens with one attached hydrogen (secondary N) is 1. The van der Waals surface area contributed by atoms with Gasteiger partial charge in [0.2, 0.25) is 0 Å². The van der Waals surface area contributed by atoms with Crippen LogP contribution in [-0.2, 0) is 6.54 Å². The van der Waals surface area contributed by atoms with Gasteiger partial charge in [-0.3, -0.25) is 4.90 Å². The Balaban J connectivity index is 2.04. The molecular weight excluding hydrogens is 242 g/mol. The monoisotopic (exact) mass is 269 g/mol. The molecule has 0 amide bonds. The van der Waals surface area contributed by atoms with Gasteiger partial charge in [-0.15, -0.1) is 11.3 Å². The fraction of sp³-hybridized carbons (Fsp3) is 0.786. The first-order valence-electron chi connectivity index (χ1n) is 6.87. The van der Waals surface area contributed by atoms with Gasteiger partial charge in [0.15, 0.2) is 0 Å². The Hall–Kier alpha value is -0.450. The Labute approximate surface area is 116 Å². The van der Waals surface area contributed by atoms with E-state index in [0.717, 1.165) is 32.1 Å². The van der Waals surface area contributed by atoms with Crippen molar-refractivity contribution in [2.75, 3.05) is 26.7 Å².